The lowest BCUT2D eigenvalue weighted by molar-refractivity contribution is -0.142. The number of benzene rings is 3. The molecule has 10 atom stereocenters. The number of primary amides is 1. The molecule has 7 rings (SSSR count). The molecule has 0 saturated carbocycles. The average Bonchev–Trinajstić information content (AvgIpc) is 1.44. The van der Waals surface area contributed by atoms with Crippen molar-refractivity contribution in [1.29, 1.82) is 0 Å². The number of hydrogen-bond donors (Lipinski definition) is 15. The summed E-state index contributed by atoms with van der Waals surface area (Å²) < 4.78 is 0. The van der Waals surface area contributed by atoms with E-state index in [0.29, 0.717) is 22.6 Å². The molecule has 5 aromatic rings. The minimum absolute atomic E-state index is 0.00262. The number of fused-ring (bicyclic) bond motifs is 2. The fourth-order valence-electron chi connectivity index (χ4n) is 11.7. The van der Waals surface area contributed by atoms with Crippen molar-refractivity contribution in [2.24, 2.45) is 44.6 Å². The number of carbonyl (C=O) groups excluding carboxylic acids is 12. The number of hydrogen-bond acceptors (Lipinski definition) is 16. The molecule has 20 N–H and O–H groups in total. The van der Waals surface area contributed by atoms with E-state index in [-0.39, 0.29) is 100.0 Å². The fourth-order valence-corrected chi connectivity index (χ4v) is 11.8. The number of nitrogens with one attached hydrogen (secondary N) is 10. The minimum atomic E-state index is -1.79. The zero-order chi connectivity index (χ0) is 74.0. The summed E-state index contributed by atoms with van der Waals surface area (Å²) in [6, 6.07) is 10.5. The van der Waals surface area contributed by atoms with E-state index in [1.54, 1.807) is 38.1 Å². The van der Waals surface area contributed by atoms with E-state index in [1.807, 2.05) is 42.5 Å². The van der Waals surface area contributed by atoms with Gasteiger partial charge in [0.1, 0.15) is 60.4 Å². The predicted octanol–water partition coefficient (Wildman–Crippen LogP) is -1.26. The normalized spacial score (nSPS) is 20.5. The van der Waals surface area contributed by atoms with Crippen molar-refractivity contribution in [2.45, 2.75) is 152 Å². The van der Waals surface area contributed by atoms with Gasteiger partial charge < -0.3 is 86.7 Å². The molecule has 0 spiro atoms. The Morgan fingerprint density at radius 2 is 1.24 bits per heavy atom. The second kappa shape index (κ2) is 38.3. The topological polar surface area (TPSA) is 509 Å². The molecule has 32 nitrogen and oxygen atoms in total. The van der Waals surface area contributed by atoms with Crippen LogP contribution in [0.2, 0.25) is 5.02 Å². The highest BCUT2D eigenvalue weighted by molar-refractivity contribution is 6.30. The van der Waals surface area contributed by atoms with Crippen molar-refractivity contribution in [1.82, 2.24) is 68.0 Å². The van der Waals surface area contributed by atoms with Crippen molar-refractivity contribution < 1.29 is 57.5 Å². The molecule has 0 aliphatic carbocycles. The molecule has 102 heavy (non-hydrogen) atoms. The molecule has 33 heteroatoms. The highest BCUT2D eigenvalue weighted by atomic mass is 35.5. The highest BCUT2D eigenvalue weighted by Crippen LogP contribution is 2.23. The molecule has 2 aliphatic rings. The Labute approximate surface area is 593 Å². The molecule has 2 aromatic heterocycles. The van der Waals surface area contributed by atoms with Crippen LogP contribution in [0.3, 0.4) is 0 Å². The molecular formula is C69H89ClN20O12. The van der Waals surface area contributed by atoms with Gasteiger partial charge >= 0.3 is 0 Å². The number of halogens is 1. The Morgan fingerprint density at radius 1 is 0.627 bits per heavy atom. The van der Waals surface area contributed by atoms with E-state index in [0.717, 1.165) is 10.8 Å². The highest BCUT2D eigenvalue weighted by Gasteiger charge is 2.41. The smallest absolute Gasteiger partial charge is 0.247 e. The lowest BCUT2D eigenvalue weighted by Crippen LogP contribution is -2.59. The molecule has 4 heterocycles. The van der Waals surface area contributed by atoms with Gasteiger partial charge in [-0.15, -0.1) is 0 Å². The van der Waals surface area contributed by atoms with Crippen LogP contribution in [-0.4, -0.2) is 172 Å². The van der Waals surface area contributed by atoms with Crippen LogP contribution < -0.4 is 81.8 Å². The van der Waals surface area contributed by atoms with Crippen LogP contribution in [0.4, 0.5) is 0 Å². The quantitative estimate of drug-likeness (QED) is 0.0195. The lowest BCUT2D eigenvalue weighted by atomic mass is 9.99. The second-order valence-corrected chi connectivity index (χ2v) is 25.7. The monoisotopic (exact) mass is 1420 g/mol. The van der Waals surface area contributed by atoms with Gasteiger partial charge in [-0.25, -0.2) is 0 Å². The molecule has 0 radical (unpaired) electrons. The van der Waals surface area contributed by atoms with E-state index < -0.39 is 151 Å². The van der Waals surface area contributed by atoms with Crippen molar-refractivity contribution in [3.63, 3.8) is 0 Å². The van der Waals surface area contributed by atoms with Gasteiger partial charge in [-0.05, 0) is 103 Å². The molecule has 12 amide bonds. The number of rotatable bonds is 24. The number of amides is 12. The summed E-state index contributed by atoms with van der Waals surface area (Å²) in [4.78, 5) is 191. The summed E-state index contributed by atoms with van der Waals surface area (Å²) >= 11 is 6.26. The first-order valence-electron chi connectivity index (χ1n) is 33.4. The zero-order valence-electron chi connectivity index (χ0n) is 56.8. The summed E-state index contributed by atoms with van der Waals surface area (Å²) in [7, 11) is 0. The van der Waals surface area contributed by atoms with Gasteiger partial charge in [0.25, 0.3) is 0 Å². The largest absolute Gasteiger partial charge is 0.370 e. The number of nitrogens with zero attached hydrogens (tertiary/aromatic N) is 5. The molecule has 0 bridgehead atoms. The first-order valence-corrected chi connectivity index (χ1v) is 33.8. The average molecular weight is 1430 g/mol. The summed E-state index contributed by atoms with van der Waals surface area (Å²) in [5.74, 6) is -11.4. The molecule has 2 saturated heterocycles. The van der Waals surface area contributed by atoms with Crippen LogP contribution >= 0.6 is 11.6 Å². The maximum Gasteiger partial charge on any atom is 0.247 e. The van der Waals surface area contributed by atoms with E-state index >= 15 is 19.2 Å². The van der Waals surface area contributed by atoms with Gasteiger partial charge in [0, 0.05) is 93.3 Å². The summed E-state index contributed by atoms with van der Waals surface area (Å²) in [5, 5.41) is 28.9. The number of pyridine rings is 2. The lowest BCUT2D eigenvalue weighted by Gasteiger charge is -2.31. The van der Waals surface area contributed by atoms with Gasteiger partial charge in [-0.3, -0.25) is 77.5 Å². The van der Waals surface area contributed by atoms with Crippen molar-refractivity contribution in [3.05, 3.63) is 143 Å². The number of aromatic nitrogens is 2. The molecular weight excluding hydrogens is 1340 g/mol. The predicted molar refractivity (Wildman–Crippen MR) is 378 cm³/mol. The number of guanidine groups is 2. The molecule has 0 unspecified atom stereocenters. The van der Waals surface area contributed by atoms with Crippen LogP contribution in [0.5, 0.6) is 0 Å². The van der Waals surface area contributed by atoms with Crippen LogP contribution in [0.15, 0.2) is 126 Å². The molecule has 3 aromatic carbocycles. The van der Waals surface area contributed by atoms with Crippen molar-refractivity contribution in [2.75, 3.05) is 26.2 Å². The Kier molecular flexibility index (Phi) is 29.3. The third-order valence-corrected chi connectivity index (χ3v) is 17.1. The van der Waals surface area contributed by atoms with Gasteiger partial charge in [0.2, 0.25) is 70.9 Å². The fraction of sp³-hybridized carbons (Fsp3) is 0.420. The summed E-state index contributed by atoms with van der Waals surface area (Å²) in [6.07, 6.45) is 4.29. The maximum atomic E-state index is 15.2. The maximum absolute atomic E-state index is 15.2. The second-order valence-electron chi connectivity index (χ2n) is 25.3. The molecule has 2 fully saturated rings. The first kappa shape index (κ1) is 78.0. The minimum Gasteiger partial charge on any atom is -0.370 e. The van der Waals surface area contributed by atoms with Gasteiger partial charge in [0.15, 0.2) is 11.9 Å². The SMILES string of the molecule is CC(=O)N[C@@H](Cc1ccc2ccccc2c1)C(=O)N[C@@H](Cc1ccc(Cl)cc1)C(=O)N[C@H](C(=O)N[C@H]1CCC(=O)NC[C@@H](C(N)=O)NC(=O)[C@@H]2CCCN2C(=O)[C@H](CCCN=C(N)N)NC(=O)[C@H](CC(C)C)NC(=O)[C@H](c2cccnc2)NC(=O)[C@H](CCCN=C(N)N)NC1=O)c1cccnc1. The third kappa shape index (κ3) is 24.0. The Bertz CT molecular complexity index is 3860. The molecule has 2 aliphatic heterocycles. The van der Waals surface area contributed by atoms with Crippen molar-refractivity contribution in [3.8, 4) is 0 Å². The first-order chi connectivity index (χ1) is 48.7. The van der Waals surface area contributed by atoms with E-state index in [1.165, 1.54) is 60.9 Å². The van der Waals surface area contributed by atoms with Gasteiger partial charge in [0.05, 0.1) is 0 Å². The third-order valence-electron chi connectivity index (χ3n) is 16.8. The van der Waals surface area contributed by atoms with E-state index in [9.17, 15) is 38.4 Å². The Morgan fingerprint density at radius 3 is 1.87 bits per heavy atom. The zero-order valence-corrected chi connectivity index (χ0v) is 57.6. The number of nitrogens with two attached hydrogens (primary N) is 5. The van der Waals surface area contributed by atoms with Gasteiger partial charge in [-0.2, -0.15) is 0 Å². The molecule has 544 valence electrons. The van der Waals surface area contributed by atoms with Crippen LogP contribution in [-0.2, 0) is 70.4 Å². The van der Waals surface area contributed by atoms with Crippen LogP contribution in [0, 0.1) is 5.92 Å². The van der Waals surface area contributed by atoms with E-state index in [2.05, 4.69) is 73.1 Å². The van der Waals surface area contributed by atoms with Crippen LogP contribution in [0.1, 0.15) is 113 Å². The standard InChI is InChI=1S/C69H89ClN20O12/c1-38(2)31-50-61(96)84-49(16-9-29-79-69(74)75)67(102)90-30-10-17-54(90)64(99)87-53(58(71)93)37-80-55(92)25-24-48(59(94)82-47(15-8-28-78-68(72)73)60(95)88-57(66(101)86-50)45-14-7-27-77-36-45)83-65(100)56(44-13-6-26-76-35-44)89-63(98)52(33-40-19-22-46(70)23-20-40)85-62(97)51(81-39(3)91)34-41-18-21-42-11-4-5-12-43(42)32-41/h4-7,11-14,18-23,26-27,32,35-36,38,47-54,56-57H,8-10,15-17,24-25,28-31,33-34,37H2,1-3H3,(H2,71,93)(H,80,92)(H,81,91)(H,82,94)(H,83,100)(H,84,96)(H,85,97)(H,86,101)(H,87,99)(H,88,95)(H,89,98)(H4,72,73,78)(H4,74,75,79)/t47-,48-,49-,50-,51-,52-,53-,54-,56-,57-/m0/s1. The van der Waals surface area contributed by atoms with Crippen molar-refractivity contribution >= 4 is 105 Å². The van der Waals surface area contributed by atoms with E-state index in [4.69, 9.17) is 40.3 Å². The summed E-state index contributed by atoms with van der Waals surface area (Å²) in [6.45, 7) is 4.21. The summed E-state index contributed by atoms with van der Waals surface area (Å²) in [5.41, 5.74) is 29.6. The Hall–Kier alpha value is -11.3. The number of aliphatic imine (C=N–C) groups is 2. The van der Waals surface area contributed by atoms with Gasteiger partial charge in [-0.1, -0.05) is 92.2 Å². The number of carbonyl (C=O) groups is 12. The van der Waals surface area contributed by atoms with Crippen LogP contribution in [0.25, 0.3) is 10.8 Å². The Balaban J connectivity index is 1.25.